The minimum Gasteiger partial charge on any atom is -0.478 e. The minimum absolute atomic E-state index is 0.0379. The fraction of sp³-hybridized carbons (Fsp3) is 0.300. The van der Waals surface area contributed by atoms with Gasteiger partial charge in [0.1, 0.15) is 11.6 Å². The molecule has 3 rings (SSSR count). The van der Waals surface area contributed by atoms with Crippen molar-refractivity contribution in [3.8, 4) is 0 Å². The number of nitrogens with zero attached hydrogens (tertiary/aromatic N) is 1. The lowest BCUT2D eigenvalue weighted by molar-refractivity contribution is -0.132. The van der Waals surface area contributed by atoms with E-state index in [9.17, 15) is 18.4 Å². The third-order valence-electron chi connectivity index (χ3n) is 4.53. The number of hydrogen-bond acceptors (Lipinski definition) is 2. The highest BCUT2D eigenvalue weighted by Gasteiger charge is 2.33. The first kappa shape index (κ1) is 18.0. The van der Waals surface area contributed by atoms with Gasteiger partial charge in [-0.05, 0) is 49.1 Å². The number of halogens is 2. The summed E-state index contributed by atoms with van der Waals surface area (Å²) in [6.45, 7) is -0.0695. The molecular formula is C20H19F2NO3. The highest BCUT2D eigenvalue weighted by molar-refractivity contribution is 5.87. The number of carboxylic acid groups (broad SMARTS) is 1. The van der Waals surface area contributed by atoms with Crippen molar-refractivity contribution in [2.75, 3.05) is 0 Å². The molecule has 0 aliphatic heterocycles. The summed E-state index contributed by atoms with van der Waals surface area (Å²) >= 11 is 0. The van der Waals surface area contributed by atoms with E-state index in [4.69, 9.17) is 5.11 Å². The summed E-state index contributed by atoms with van der Waals surface area (Å²) in [5, 5.41) is 8.90. The highest BCUT2D eigenvalue weighted by atomic mass is 19.1. The van der Waals surface area contributed by atoms with Gasteiger partial charge in [-0.1, -0.05) is 18.2 Å². The molecule has 1 aliphatic rings. The lowest BCUT2D eigenvalue weighted by Gasteiger charge is -2.23. The second-order valence-corrected chi connectivity index (χ2v) is 6.46. The number of amides is 1. The van der Waals surface area contributed by atoms with E-state index in [-0.39, 0.29) is 36.0 Å². The van der Waals surface area contributed by atoms with E-state index in [0.29, 0.717) is 6.42 Å². The predicted molar refractivity (Wildman–Crippen MR) is 91.7 cm³/mol. The number of rotatable bonds is 7. The molecule has 1 N–H and O–H groups in total. The molecule has 0 heterocycles. The quantitative estimate of drug-likeness (QED) is 0.818. The molecule has 0 aromatic heterocycles. The van der Waals surface area contributed by atoms with Crippen LogP contribution in [0.1, 0.15) is 40.7 Å². The average molecular weight is 359 g/mol. The molecule has 136 valence electrons. The topological polar surface area (TPSA) is 57.6 Å². The van der Waals surface area contributed by atoms with Gasteiger partial charge in [-0.2, -0.15) is 0 Å². The Bertz CT molecular complexity index is 796. The average Bonchev–Trinajstić information content (AvgIpc) is 3.45. The SMILES string of the molecule is O=C(O)c1ccc(CCC(=O)N(Cc2c(F)cccc2F)C2CC2)cc1. The minimum atomic E-state index is -1.00. The number of carbonyl (C=O) groups is 2. The molecule has 0 radical (unpaired) electrons. The Labute approximate surface area is 150 Å². The number of hydrogen-bond donors (Lipinski definition) is 1. The van der Waals surface area contributed by atoms with E-state index in [0.717, 1.165) is 18.4 Å². The molecule has 1 aliphatic carbocycles. The van der Waals surface area contributed by atoms with Gasteiger partial charge in [0.25, 0.3) is 0 Å². The van der Waals surface area contributed by atoms with Gasteiger partial charge in [0, 0.05) is 18.0 Å². The third kappa shape index (κ3) is 4.25. The summed E-state index contributed by atoms with van der Waals surface area (Å²) in [5.41, 5.74) is 0.949. The van der Waals surface area contributed by atoms with Crippen LogP contribution in [0.2, 0.25) is 0 Å². The Morgan fingerprint density at radius 2 is 1.65 bits per heavy atom. The molecule has 0 bridgehead atoms. The zero-order chi connectivity index (χ0) is 18.7. The van der Waals surface area contributed by atoms with Gasteiger partial charge >= 0.3 is 5.97 Å². The fourth-order valence-corrected chi connectivity index (χ4v) is 2.87. The maximum atomic E-state index is 13.9. The second kappa shape index (κ2) is 7.64. The van der Waals surface area contributed by atoms with Crippen LogP contribution in [0.15, 0.2) is 42.5 Å². The van der Waals surface area contributed by atoms with Crippen molar-refractivity contribution in [3.63, 3.8) is 0 Å². The second-order valence-electron chi connectivity index (χ2n) is 6.46. The lowest BCUT2D eigenvalue weighted by atomic mass is 10.1. The van der Waals surface area contributed by atoms with Crippen LogP contribution in [0.3, 0.4) is 0 Å². The Morgan fingerprint density at radius 3 is 2.19 bits per heavy atom. The van der Waals surface area contributed by atoms with Crippen LogP contribution < -0.4 is 0 Å². The Kier molecular flexibility index (Phi) is 5.30. The summed E-state index contributed by atoms with van der Waals surface area (Å²) in [7, 11) is 0. The van der Waals surface area contributed by atoms with Crippen molar-refractivity contribution in [2.24, 2.45) is 0 Å². The van der Waals surface area contributed by atoms with Crippen molar-refractivity contribution < 1.29 is 23.5 Å². The van der Waals surface area contributed by atoms with Gasteiger partial charge < -0.3 is 10.0 Å². The van der Waals surface area contributed by atoms with Crippen LogP contribution in [-0.4, -0.2) is 27.9 Å². The Morgan fingerprint density at radius 1 is 1.04 bits per heavy atom. The number of carboxylic acids is 1. The fourth-order valence-electron chi connectivity index (χ4n) is 2.87. The summed E-state index contributed by atoms with van der Waals surface area (Å²) in [6.07, 6.45) is 2.34. The van der Waals surface area contributed by atoms with Crippen molar-refractivity contribution in [1.82, 2.24) is 4.90 Å². The number of carbonyl (C=O) groups excluding carboxylic acids is 1. The van der Waals surface area contributed by atoms with Gasteiger partial charge in [-0.15, -0.1) is 0 Å². The molecule has 26 heavy (non-hydrogen) atoms. The summed E-state index contributed by atoms with van der Waals surface area (Å²) in [4.78, 5) is 25.0. The monoisotopic (exact) mass is 359 g/mol. The van der Waals surface area contributed by atoms with E-state index in [2.05, 4.69) is 0 Å². The maximum absolute atomic E-state index is 13.9. The van der Waals surface area contributed by atoms with Crippen molar-refractivity contribution >= 4 is 11.9 Å². The maximum Gasteiger partial charge on any atom is 0.335 e. The molecule has 4 nitrogen and oxygen atoms in total. The van der Waals surface area contributed by atoms with Crippen LogP contribution in [0.4, 0.5) is 8.78 Å². The van der Waals surface area contributed by atoms with E-state index < -0.39 is 17.6 Å². The zero-order valence-electron chi connectivity index (χ0n) is 14.1. The summed E-state index contributed by atoms with van der Waals surface area (Å²) < 4.78 is 27.8. The zero-order valence-corrected chi connectivity index (χ0v) is 14.1. The molecule has 0 saturated heterocycles. The van der Waals surface area contributed by atoms with Crippen LogP contribution in [0.25, 0.3) is 0 Å². The van der Waals surface area contributed by atoms with Crippen molar-refractivity contribution in [2.45, 2.75) is 38.3 Å². The van der Waals surface area contributed by atoms with Crippen LogP contribution in [-0.2, 0) is 17.8 Å². The summed E-state index contributed by atoms with van der Waals surface area (Å²) in [5.74, 6) is -2.45. The van der Waals surface area contributed by atoms with Gasteiger partial charge in [0.15, 0.2) is 0 Å². The molecule has 0 spiro atoms. The Hall–Kier alpha value is -2.76. The molecule has 2 aromatic carbocycles. The standard InChI is InChI=1S/C20H19F2NO3/c21-17-2-1-3-18(22)16(17)12-23(15-9-10-15)19(24)11-6-13-4-7-14(8-5-13)20(25)26/h1-5,7-8,15H,6,9-12H2,(H,25,26). The molecule has 1 fully saturated rings. The molecule has 1 amide bonds. The number of aromatic carboxylic acids is 1. The molecule has 0 unspecified atom stereocenters. The van der Waals surface area contributed by atoms with E-state index >= 15 is 0 Å². The van der Waals surface area contributed by atoms with Gasteiger partial charge in [0.2, 0.25) is 5.91 Å². The molecule has 1 saturated carbocycles. The van der Waals surface area contributed by atoms with Crippen LogP contribution in [0.5, 0.6) is 0 Å². The van der Waals surface area contributed by atoms with Crippen molar-refractivity contribution in [3.05, 3.63) is 70.8 Å². The van der Waals surface area contributed by atoms with Gasteiger partial charge in [-0.25, -0.2) is 13.6 Å². The van der Waals surface area contributed by atoms with Crippen LogP contribution >= 0.6 is 0 Å². The molecular weight excluding hydrogens is 340 g/mol. The third-order valence-corrected chi connectivity index (χ3v) is 4.53. The first-order valence-corrected chi connectivity index (χ1v) is 8.50. The van der Waals surface area contributed by atoms with Gasteiger partial charge in [-0.3, -0.25) is 4.79 Å². The first-order valence-electron chi connectivity index (χ1n) is 8.50. The summed E-state index contributed by atoms with van der Waals surface area (Å²) in [6, 6.07) is 10.1. The Balaban J connectivity index is 1.65. The smallest absolute Gasteiger partial charge is 0.335 e. The first-order chi connectivity index (χ1) is 12.5. The number of aryl methyl sites for hydroxylation is 1. The molecule has 2 aromatic rings. The van der Waals surface area contributed by atoms with E-state index in [1.165, 1.54) is 30.3 Å². The lowest BCUT2D eigenvalue weighted by Crippen LogP contribution is -2.33. The molecule has 0 atom stereocenters. The highest BCUT2D eigenvalue weighted by Crippen LogP contribution is 2.30. The molecule has 6 heteroatoms. The van der Waals surface area contributed by atoms with E-state index in [1.807, 2.05) is 0 Å². The van der Waals surface area contributed by atoms with Crippen LogP contribution in [0, 0.1) is 11.6 Å². The number of benzene rings is 2. The van der Waals surface area contributed by atoms with Crippen molar-refractivity contribution in [1.29, 1.82) is 0 Å². The normalized spacial score (nSPS) is 13.5. The predicted octanol–water partition coefficient (Wildman–Crippen LogP) is 3.79. The van der Waals surface area contributed by atoms with E-state index in [1.54, 1.807) is 17.0 Å². The largest absolute Gasteiger partial charge is 0.478 e. The van der Waals surface area contributed by atoms with Gasteiger partial charge in [0.05, 0.1) is 12.1 Å².